The van der Waals surface area contributed by atoms with E-state index in [4.69, 9.17) is 4.74 Å². The quantitative estimate of drug-likeness (QED) is 0.714. The molecule has 3 heteroatoms. The summed E-state index contributed by atoms with van der Waals surface area (Å²) < 4.78 is 6.57. The first-order valence-electron chi connectivity index (χ1n) is 7.01. The summed E-state index contributed by atoms with van der Waals surface area (Å²) >= 11 is 3.54. The molecule has 0 saturated heterocycles. The zero-order valence-electron chi connectivity index (χ0n) is 12.6. The van der Waals surface area contributed by atoms with Gasteiger partial charge in [0.15, 0.2) is 0 Å². The predicted octanol–water partition coefficient (Wildman–Crippen LogP) is 4.42. The van der Waals surface area contributed by atoms with Crippen LogP contribution in [-0.4, -0.2) is 20.2 Å². The Morgan fingerprint density at radius 1 is 1.26 bits per heavy atom. The van der Waals surface area contributed by atoms with Crippen molar-refractivity contribution in [2.45, 2.75) is 40.0 Å². The van der Waals surface area contributed by atoms with E-state index in [1.165, 1.54) is 18.4 Å². The monoisotopic (exact) mass is 327 g/mol. The van der Waals surface area contributed by atoms with Crippen LogP contribution in [0.3, 0.4) is 0 Å². The van der Waals surface area contributed by atoms with Gasteiger partial charge in [0.05, 0.1) is 7.11 Å². The molecule has 0 fully saturated rings. The van der Waals surface area contributed by atoms with Gasteiger partial charge >= 0.3 is 0 Å². The molecule has 0 aliphatic carbocycles. The second-order valence-corrected chi connectivity index (χ2v) is 6.71. The SMILES string of the molecule is CCCNCCC(C)(C)Cc1cc(Br)ccc1OC. The van der Waals surface area contributed by atoms with Crippen molar-refractivity contribution in [2.75, 3.05) is 20.2 Å². The fourth-order valence-electron chi connectivity index (χ4n) is 2.22. The molecule has 1 N–H and O–H groups in total. The minimum absolute atomic E-state index is 0.273. The van der Waals surface area contributed by atoms with Crippen LogP contribution in [0.5, 0.6) is 5.75 Å². The van der Waals surface area contributed by atoms with Gasteiger partial charge in [-0.3, -0.25) is 0 Å². The maximum Gasteiger partial charge on any atom is 0.122 e. The van der Waals surface area contributed by atoms with Crippen molar-refractivity contribution >= 4 is 15.9 Å². The number of methoxy groups -OCH3 is 1. The molecule has 0 atom stereocenters. The van der Waals surface area contributed by atoms with Crippen LogP contribution in [0, 0.1) is 5.41 Å². The van der Waals surface area contributed by atoms with E-state index in [9.17, 15) is 0 Å². The Labute approximate surface area is 126 Å². The van der Waals surface area contributed by atoms with Crippen LogP contribution >= 0.6 is 15.9 Å². The summed E-state index contributed by atoms with van der Waals surface area (Å²) in [6, 6.07) is 6.23. The summed E-state index contributed by atoms with van der Waals surface area (Å²) in [4.78, 5) is 0. The van der Waals surface area contributed by atoms with Crippen molar-refractivity contribution in [1.82, 2.24) is 5.32 Å². The van der Waals surface area contributed by atoms with E-state index in [0.29, 0.717) is 0 Å². The van der Waals surface area contributed by atoms with Crippen LogP contribution in [0.25, 0.3) is 0 Å². The van der Waals surface area contributed by atoms with Gasteiger partial charge in [0.25, 0.3) is 0 Å². The summed E-state index contributed by atoms with van der Waals surface area (Å²) in [6.45, 7) is 9.03. The topological polar surface area (TPSA) is 21.3 Å². The lowest BCUT2D eigenvalue weighted by molar-refractivity contribution is 0.318. The fourth-order valence-corrected chi connectivity index (χ4v) is 2.63. The third-order valence-corrected chi connectivity index (χ3v) is 3.81. The molecule has 1 aromatic carbocycles. The third-order valence-electron chi connectivity index (χ3n) is 3.32. The highest BCUT2D eigenvalue weighted by Crippen LogP contribution is 2.32. The van der Waals surface area contributed by atoms with Crippen LogP contribution in [0.2, 0.25) is 0 Å². The molecule has 0 aromatic heterocycles. The molecular formula is C16H26BrNO. The van der Waals surface area contributed by atoms with E-state index in [1.807, 2.05) is 12.1 Å². The first-order chi connectivity index (χ1) is 8.98. The summed E-state index contributed by atoms with van der Waals surface area (Å²) in [5.41, 5.74) is 1.55. The predicted molar refractivity (Wildman–Crippen MR) is 86.0 cm³/mol. The second kappa shape index (κ2) is 7.91. The largest absolute Gasteiger partial charge is 0.496 e. The van der Waals surface area contributed by atoms with Gasteiger partial charge < -0.3 is 10.1 Å². The second-order valence-electron chi connectivity index (χ2n) is 5.80. The van der Waals surface area contributed by atoms with Crippen molar-refractivity contribution in [3.8, 4) is 5.75 Å². The van der Waals surface area contributed by atoms with E-state index in [0.717, 1.165) is 29.7 Å². The van der Waals surface area contributed by atoms with E-state index in [2.05, 4.69) is 48.1 Å². The van der Waals surface area contributed by atoms with Crippen molar-refractivity contribution in [1.29, 1.82) is 0 Å². The molecule has 0 bridgehead atoms. The molecule has 0 aliphatic heterocycles. The van der Waals surface area contributed by atoms with Crippen LogP contribution in [0.15, 0.2) is 22.7 Å². The fraction of sp³-hybridized carbons (Fsp3) is 0.625. The molecule has 0 spiro atoms. The Bertz CT molecular complexity index is 390. The lowest BCUT2D eigenvalue weighted by atomic mass is 9.82. The lowest BCUT2D eigenvalue weighted by Gasteiger charge is -2.26. The van der Waals surface area contributed by atoms with Crippen molar-refractivity contribution < 1.29 is 4.74 Å². The van der Waals surface area contributed by atoms with Crippen molar-refractivity contribution in [2.24, 2.45) is 5.41 Å². The summed E-state index contributed by atoms with van der Waals surface area (Å²) in [5, 5.41) is 3.48. The normalized spacial score (nSPS) is 11.6. The maximum atomic E-state index is 5.45. The molecule has 2 nitrogen and oxygen atoms in total. The molecule has 0 amide bonds. The number of nitrogens with one attached hydrogen (secondary N) is 1. The number of hydrogen-bond acceptors (Lipinski definition) is 2. The lowest BCUT2D eigenvalue weighted by Crippen LogP contribution is -2.24. The van der Waals surface area contributed by atoms with Gasteiger partial charge in [-0.25, -0.2) is 0 Å². The van der Waals surface area contributed by atoms with Gasteiger partial charge in [-0.05, 0) is 61.5 Å². The summed E-state index contributed by atoms with van der Waals surface area (Å²) in [6.07, 6.45) is 3.39. The van der Waals surface area contributed by atoms with Gasteiger partial charge in [-0.1, -0.05) is 36.7 Å². The van der Waals surface area contributed by atoms with Gasteiger partial charge in [0.2, 0.25) is 0 Å². The number of benzene rings is 1. The van der Waals surface area contributed by atoms with Gasteiger partial charge in [0.1, 0.15) is 5.75 Å². The molecule has 19 heavy (non-hydrogen) atoms. The maximum absolute atomic E-state index is 5.45. The molecule has 1 rings (SSSR count). The molecular weight excluding hydrogens is 302 g/mol. The van der Waals surface area contributed by atoms with E-state index in [-0.39, 0.29) is 5.41 Å². The molecule has 1 aromatic rings. The molecule has 108 valence electrons. The number of ether oxygens (including phenoxy) is 1. The first-order valence-corrected chi connectivity index (χ1v) is 7.81. The number of hydrogen-bond donors (Lipinski definition) is 1. The Kier molecular flexibility index (Phi) is 6.87. The zero-order valence-corrected chi connectivity index (χ0v) is 14.1. The average molecular weight is 328 g/mol. The van der Waals surface area contributed by atoms with Gasteiger partial charge in [0, 0.05) is 4.47 Å². The number of rotatable bonds is 8. The Morgan fingerprint density at radius 3 is 2.63 bits per heavy atom. The van der Waals surface area contributed by atoms with Crippen LogP contribution < -0.4 is 10.1 Å². The van der Waals surface area contributed by atoms with Crippen molar-refractivity contribution in [3.63, 3.8) is 0 Å². The highest BCUT2D eigenvalue weighted by atomic mass is 79.9. The Hall–Kier alpha value is -0.540. The minimum Gasteiger partial charge on any atom is -0.496 e. The third kappa shape index (κ3) is 5.96. The first kappa shape index (κ1) is 16.5. The molecule has 0 saturated carbocycles. The van der Waals surface area contributed by atoms with Gasteiger partial charge in [-0.2, -0.15) is 0 Å². The highest BCUT2D eigenvalue weighted by molar-refractivity contribution is 9.10. The Morgan fingerprint density at radius 2 is 2.00 bits per heavy atom. The van der Waals surface area contributed by atoms with Crippen LogP contribution in [0.1, 0.15) is 39.2 Å². The van der Waals surface area contributed by atoms with Crippen LogP contribution in [0.4, 0.5) is 0 Å². The molecule has 0 aliphatic rings. The van der Waals surface area contributed by atoms with Gasteiger partial charge in [-0.15, -0.1) is 0 Å². The van der Waals surface area contributed by atoms with Crippen molar-refractivity contribution in [3.05, 3.63) is 28.2 Å². The van der Waals surface area contributed by atoms with E-state index in [1.54, 1.807) is 7.11 Å². The zero-order chi connectivity index (χ0) is 14.3. The number of halogens is 1. The Balaban J connectivity index is 2.63. The smallest absolute Gasteiger partial charge is 0.122 e. The standard InChI is InChI=1S/C16H26BrNO/c1-5-9-18-10-8-16(2,3)12-13-11-14(17)6-7-15(13)19-4/h6-7,11,18H,5,8-10,12H2,1-4H3. The van der Waals surface area contributed by atoms with E-state index >= 15 is 0 Å². The summed E-state index contributed by atoms with van der Waals surface area (Å²) in [7, 11) is 1.74. The molecule has 0 radical (unpaired) electrons. The van der Waals surface area contributed by atoms with E-state index < -0.39 is 0 Å². The molecule has 0 unspecified atom stereocenters. The average Bonchev–Trinajstić information content (AvgIpc) is 2.34. The molecule has 0 heterocycles. The minimum atomic E-state index is 0.273. The highest BCUT2D eigenvalue weighted by Gasteiger charge is 2.20. The summed E-state index contributed by atoms with van der Waals surface area (Å²) in [5.74, 6) is 0.984. The van der Waals surface area contributed by atoms with Crippen LogP contribution in [-0.2, 0) is 6.42 Å².